The fourth-order valence-electron chi connectivity index (χ4n) is 1.67. The van der Waals surface area contributed by atoms with Crippen LogP contribution in [-0.2, 0) is 6.42 Å². The Bertz CT molecular complexity index is 578. The summed E-state index contributed by atoms with van der Waals surface area (Å²) in [6, 6.07) is 7.72. The first-order valence-electron chi connectivity index (χ1n) is 5.56. The van der Waals surface area contributed by atoms with Crippen LogP contribution in [0.2, 0.25) is 0 Å². The minimum absolute atomic E-state index is 0.248. The van der Waals surface area contributed by atoms with Crippen LogP contribution in [0.3, 0.4) is 0 Å². The standard InChI is InChI=1S/C13H13FN2O/c1-2-5-9-8-12(17)16-13(15-9)10-6-3-4-7-11(10)14/h3-4,6-8H,2,5H2,1H3,(H,15,16,17). The fraction of sp³-hybridized carbons (Fsp3) is 0.231. The predicted octanol–water partition coefficient (Wildman–Crippen LogP) is 2.53. The lowest BCUT2D eigenvalue weighted by Crippen LogP contribution is -2.10. The molecule has 0 aliphatic rings. The van der Waals surface area contributed by atoms with E-state index in [2.05, 4.69) is 9.97 Å². The third-order valence-corrected chi connectivity index (χ3v) is 2.43. The first-order chi connectivity index (χ1) is 8.20. The summed E-state index contributed by atoms with van der Waals surface area (Å²) < 4.78 is 13.6. The Morgan fingerprint density at radius 2 is 2.12 bits per heavy atom. The number of aromatic nitrogens is 2. The topological polar surface area (TPSA) is 45.8 Å². The third kappa shape index (κ3) is 2.58. The molecule has 1 aromatic heterocycles. The van der Waals surface area contributed by atoms with Crippen LogP contribution in [0.1, 0.15) is 19.0 Å². The highest BCUT2D eigenvalue weighted by atomic mass is 19.1. The Hall–Kier alpha value is -1.97. The highest BCUT2D eigenvalue weighted by Gasteiger charge is 2.07. The molecule has 0 aliphatic carbocycles. The van der Waals surface area contributed by atoms with Gasteiger partial charge >= 0.3 is 0 Å². The van der Waals surface area contributed by atoms with Crippen LogP contribution >= 0.6 is 0 Å². The van der Waals surface area contributed by atoms with Gasteiger partial charge in [0.05, 0.1) is 5.56 Å². The van der Waals surface area contributed by atoms with Crippen LogP contribution in [0.15, 0.2) is 35.1 Å². The normalized spacial score (nSPS) is 10.5. The number of H-pyrrole nitrogens is 1. The van der Waals surface area contributed by atoms with Crippen molar-refractivity contribution in [3.8, 4) is 11.4 Å². The summed E-state index contributed by atoms with van der Waals surface area (Å²) in [5.74, 6) is -0.0941. The molecule has 1 aromatic carbocycles. The van der Waals surface area contributed by atoms with E-state index in [1.165, 1.54) is 12.1 Å². The SMILES string of the molecule is CCCc1cc(=O)[nH]c(-c2ccccc2F)n1. The number of nitrogens with one attached hydrogen (secondary N) is 1. The number of hydrogen-bond acceptors (Lipinski definition) is 2. The summed E-state index contributed by atoms with van der Waals surface area (Å²) in [5.41, 5.74) is 0.763. The molecular weight excluding hydrogens is 219 g/mol. The molecule has 4 heteroatoms. The molecule has 0 aliphatic heterocycles. The fourth-order valence-corrected chi connectivity index (χ4v) is 1.67. The summed E-state index contributed by atoms with van der Waals surface area (Å²) in [5, 5.41) is 0. The predicted molar refractivity (Wildman–Crippen MR) is 64.2 cm³/mol. The monoisotopic (exact) mass is 232 g/mol. The summed E-state index contributed by atoms with van der Waals surface area (Å²) in [7, 11) is 0. The highest BCUT2D eigenvalue weighted by Crippen LogP contribution is 2.17. The van der Waals surface area contributed by atoms with E-state index < -0.39 is 0 Å². The van der Waals surface area contributed by atoms with Crippen molar-refractivity contribution in [3.05, 3.63) is 52.2 Å². The maximum absolute atomic E-state index is 13.6. The average molecular weight is 232 g/mol. The molecule has 2 aromatic rings. The van der Waals surface area contributed by atoms with E-state index >= 15 is 0 Å². The van der Waals surface area contributed by atoms with Crippen molar-refractivity contribution in [3.63, 3.8) is 0 Å². The highest BCUT2D eigenvalue weighted by molar-refractivity contribution is 5.55. The maximum atomic E-state index is 13.6. The average Bonchev–Trinajstić information content (AvgIpc) is 2.29. The Morgan fingerprint density at radius 3 is 2.82 bits per heavy atom. The van der Waals surface area contributed by atoms with Crippen molar-refractivity contribution >= 4 is 0 Å². The third-order valence-electron chi connectivity index (χ3n) is 2.43. The number of hydrogen-bond donors (Lipinski definition) is 1. The zero-order chi connectivity index (χ0) is 12.3. The molecule has 0 saturated carbocycles. The molecule has 88 valence electrons. The second kappa shape index (κ2) is 4.91. The Labute approximate surface area is 98.3 Å². The number of aryl methyl sites for hydroxylation is 1. The van der Waals surface area contributed by atoms with Crippen molar-refractivity contribution in [2.24, 2.45) is 0 Å². The number of rotatable bonds is 3. The molecule has 0 atom stereocenters. The molecule has 0 unspecified atom stereocenters. The van der Waals surface area contributed by atoms with Gasteiger partial charge in [-0.05, 0) is 18.6 Å². The maximum Gasteiger partial charge on any atom is 0.251 e. The molecule has 1 N–H and O–H groups in total. The summed E-state index contributed by atoms with van der Waals surface area (Å²) >= 11 is 0. The minimum Gasteiger partial charge on any atom is -0.306 e. The number of halogens is 1. The van der Waals surface area contributed by atoms with Crippen molar-refractivity contribution < 1.29 is 4.39 Å². The zero-order valence-electron chi connectivity index (χ0n) is 9.53. The van der Waals surface area contributed by atoms with E-state index in [1.54, 1.807) is 18.2 Å². The quantitative estimate of drug-likeness (QED) is 0.883. The lowest BCUT2D eigenvalue weighted by atomic mass is 10.2. The summed E-state index contributed by atoms with van der Waals surface area (Å²) in [4.78, 5) is 18.3. The zero-order valence-corrected chi connectivity index (χ0v) is 9.53. The lowest BCUT2D eigenvalue weighted by molar-refractivity contribution is 0.629. The van der Waals surface area contributed by atoms with Gasteiger partial charge < -0.3 is 4.98 Å². The van der Waals surface area contributed by atoms with Crippen molar-refractivity contribution in [2.75, 3.05) is 0 Å². The molecule has 0 fully saturated rings. The van der Waals surface area contributed by atoms with E-state index in [0.29, 0.717) is 23.5 Å². The number of benzene rings is 1. The van der Waals surface area contributed by atoms with E-state index in [4.69, 9.17) is 0 Å². The lowest BCUT2D eigenvalue weighted by Gasteiger charge is -2.04. The van der Waals surface area contributed by atoms with Gasteiger partial charge in [-0.2, -0.15) is 0 Å². The molecule has 0 saturated heterocycles. The molecule has 0 bridgehead atoms. The molecular formula is C13H13FN2O. The van der Waals surface area contributed by atoms with Crippen LogP contribution in [0.25, 0.3) is 11.4 Å². The molecule has 0 amide bonds. The van der Waals surface area contributed by atoms with E-state index in [-0.39, 0.29) is 11.4 Å². The number of nitrogens with zero attached hydrogens (tertiary/aromatic N) is 1. The van der Waals surface area contributed by atoms with Gasteiger partial charge in [-0.25, -0.2) is 9.37 Å². The van der Waals surface area contributed by atoms with Crippen LogP contribution in [-0.4, -0.2) is 9.97 Å². The van der Waals surface area contributed by atoms with Gasteiger partial charge in [-0.15, -0.1) is 0 Å². The van der Waals surface area contributed by atoms with Crippen LogP contribution in [0.5, 0.6) is 0 Å². The minimum atomic E-state index is -0.385. The van der Waals surface area contributed by atoms with E-state index in [1.807, 2.05) is 6.92 Å². The van der Waals surface area contributed by atoms with Crippen LogP contribution in [0, 0.1) is 5.82 Å². The van der Waals surface area contributed by atoms with Gasteiger partial charge in [0, 0.05) is 11.8 Å². The van der Waals surface area contributed by atoms with Gasteiger partial charge in [-0.1, -0.05) is 25.5 Å². The first kappa shape index (κ1) is 11.5. The molecule has 0 spiro atoms. The Balaban J connectivity index is 2.52. The second-order valence-electron chi connectivity index (χ2n) is 3.82. The van der Waals surface area contributed by atoms with Gasteiger partial charge in [0.15, 0.2) is 0 Å². The second-order valence-corrected chi connectivity index (χ2v) is 3.82. The molecule has 17 heavy (non-hydrogen) atoms. The van der Waals surface area contributed by atoms with Gasteiger partial charge in [0.2, 0.25) is 0 Å². The first-order valence-corrected chi connectivity index (χ1v) is 5.56. The van der Waals surface area contributed by atoms with Gasteiger partial charge in [0.1, 0.15) is 11.6 Å². The Kier molecular flexibility index (Phi) is 3.32. The van der Waals surface area contributed by atoms with Gasteiger partial charge in [-0.3, -0.25) is 4.79 Å². The number of aromatic amines is 1. The molecule has 3 nitrogen and oxygen atoms in total. The van der Waals surface area contributed by atoms with Crippen molar-refractivity contribution in [1.29, 1.82) is 0 Å². The van der Waals surface area contributed by atoms with Gasteiger partial charge in [0.25, 0.3) is 5.56 Å². The van der Waals surface area contributed by atoms with E-state index in [0.717, 1.165) is 6.42 Å². The van der Waals surface area contributed by atoms with Crippen molar-refractivity contribution in [2.45, 2.75) is 19.8 Å². The summed E-state index contributed by atoms with van der Waals surface area (Å²) in [6.45, 7) is 2.01. The van der Waals surface area contributed by atoms with E-state index in [9.17, 15) is 9.18 Å². The van der Waals surface area contributed by atoms with Crippen LogP contribution in [0.4, 0.5) is 4.39 Å². The molecule has 0 radical (unpaired) electrons. The van der Waals surface area contributed by atoms with Crippen LogP contribution < -0.4 is 5.56 Å². The molecule has 2 rings (SSSR count). The largest absolute Gasteiger partial charge is 0.306 e. The Morgan fingerprint density at radius 1 is 1.35 bits per heavy atom. The molecule has 1 heterocycles. The van der Waals surface area contributed by atoms with Crippen molar-refractivity contribution in [1.82, 2.24) is 9.97 Å². The smallest absolute Gasteiger partial charge is 0.251 e. The summed E-state index contributed by atoms with van der Waals surface area (Å²) in [6.07, 6.45) is 1.61.